The van der Waals surface area contributed by atoms with Crippen molar-refractivity contribution in [2.75, 3.05) is 24.6 Å². The molecule has 0 spiro atoms. The normalized spacial score (nSPS) is 20.1. The fraction of sp³-hybridized carbons (Fsp3) is 0.421. The number of likely N-dealkylation sites (N-methyl/N-ethyl adjacent to an activating group) is 1. The highest BCUT2D eigenvalue weighted by molar-refractivity contribution is 7.92. The molecule has 1 aliphatic rings. The van der Waals surface area contributed by atoms with Crippen molar-refractivity contribution in [2.24, 2.45) is 0 Å². The summed E-state index contributed by atoms with van der Waals surface area (Å²) in [5.41, 5.74) is 2.37. The van der Waals surface area contributed by atoms with Crippen molar-refractivity contribution >= 4 is 33.0 Å². The molecule has 2 N–H and O–H groups in total. The van der Waals surface area contributed by atoms with Crippen LogP contribution in [-0.2, 0) is 16.6 Å². The number of thiophene rings is 1. The van der Waals surface area contributed by atoms with Gasteiger partial charge in [0.25, 0.3) is 5.91 Å². The lowest BCUT2D eigenvalue weighted by Crippen LogP contribution is -2.41. The molecule has 0 fully saturated rings. The predicted octanol–water partition coefficient (Wildman–Crippen LogP) is 2.86. The van der Waals surface area contributed by atoms with Crippen molar-refractivity contribution in [1.82, 2.24) is 10.2 Å². The van der Waals surface area contributed by atoms with Crippen LogP contribution < -0.4 is 10.0 Å². The highest BCUT2D eigenvalue weighted by atomic mass is 32.2. The van der Waals surface area contributed by atoms with Gasteiger partial charge in [0.1, 0.15) is 0 Å². The van der Waals surface area contributed by atoms with Gasteiger partial charge in [0.2, 0.25) is 10.0 Å². The van der Waals surface area contributed by atoms with Gasteiger partial charge in [0.15, 0.2) is 0 Å². The van der Waals surface area contributed by atoms with Gasteiger partial charge in [0, 0.05) is 41.2 Å². The van der Waals surface area contributed by atoms with Crippen LogP contribution in [0, 0.1) is 0 Å². The maximum atomic E-state index is 12.3. The van der Waals surface area contributed by atoms with Crippen molar-refractivity contribution in [3.63, 3.8) is 0 Å². The topological polar surface area (TPSA) is 78.5 Å². The van der Waals surface area contributed by atoms with Crippen LogP contribution in [0.25, 0.3) is 0 Å². The molecule has 1 aromatic carbocycles. The van der Waals surface area contributed by atoms with E-state index >= 15 is 0 Å². The monoisotopic (exact) mass is 407 g/mol. The molecule has 2 heterocycles. The van der Waals surface area contributed by atoms with Gasteiger partial charge in [-0.1, -0.05) is 6.92 Å². The third-order valence-electron chi connectivity index (χ3n) is 4.93. The number of benzene rings is 1. The Hall–Kier alpha value is -1.90. The summed E-state index contributed by atoms with van der Waals surface area (Å²) in [4.78, 5) is 16.2. The summed E-state index contributed by atoms with van der Waals surface area (Å²) in [6, 6.07) is 9.02. The fourth-order valence-corrected chi connectivity index (χ4v) is 5.23. The lowest BCUT2D eigenvalue weighted by Gasteiger charge is -2.37. The summed E-state index contributed by atoms with van der Waals surface area (Å²) < 4.78 is 24.8. The second-order valence-corrected chi connectivity index (χ2v) is 9.77. The highest BCUT2D eigenvalue weighted by Crippen LogP contribution is 2.37. The number of hydrogen-bond donors (Lipinski definition) is 2. The minimum absolute atomic E-state index is 0.149. The zero-order valence-electron chi connectivity index (χ0n) is 15.7. The maximum absolute atomic E-state index is 12.3. The first-order valence-electron chi connectivity index (χ1n) is 8.87. The lowest BCUT2D eigenvalue weighted by atomic mass is 9.89. The fourth-order valence-electron chi connectivity index (χ4n) is 3.63. The second kappa shape index (κ2) is 8.00. The summed E-state index contributed by atoms with van der Waals surface area (Å²) in [6.45, 7) is 3.81. The summed E-state index contributed by atoms with van der Waals surface area (Å²) >= 11 is 1.82. The van der Waals surface area contributed by atoms with Crippen LogP contribution in [0.5, 0.6) is 0 Å². The molecule has 8 heteroatoms. The zero-order chi connectivity index (χ0) is 19.6. The number of nitrogens with one attached hydrogen (secondary N) is 2. The Morgan fingerprint density at radius 1 is 1.26 bits per heavy atom. The minimum atomic E-state index is -3.32. The number of anilines is 1. The molecule has 27 heavy (non-hydrogen) atoms. The first kappa shape index (κ1) is 19.9. The Balaban J connectivity index is 1.54. The molecule has 0 bridgehead atoms. The number of fused-ring (bicyclic) bond motifs is 1. The Labute approximate surface area is 164 Å². The van der Waals surface area contributed by atoms with E-state index in [1.807, 2.05) is 11.3 Å². The van der Waals surface area contributed by atoms with Crippen LogP contribution in [0.1, 0.15) is 40.1 Å². The largest absolute Gasteiger partial charge is 0.352 e. The third kappa shape index (κ3) is 4.88. The van der Waals surface area contributed by atoms with Gasteiger partial charge in [-0.15, -0.1) is 11.3 Å². The molecule has 0 saturated heterocycles. The molecule has 146 valence electrons. The minimum Gasteiger partial charge on any atom is -0.352 e. The van der Waals surface area contributed by atoms with Gasteiger partial charge in [-0.2, -0.15) is 0 Å². The number of hydrogen-bond acceptors (Lipinski definition) is 5. The van der Waals surface area contributed by atoms with E-state index < -0.39 is 10.0 Å². The maximum Gasteiger partial charge on any atom is 0.251 e. The van der Waals surface area contributed by atoms with Gasteiger partial charge in [-0.3, -0.25) is 14.4 Å². The molecule has 3 rings (SSSR count). The smallest absolute Gasteiger partial charge is 0.251 e. The quantitative estimate of drug-likeness (QED) is 0.772. The number of amides is 1. The standard InChI is InChI=1S/C19H25N3O3S2/c1-13-17(22(2)12-15-9-11-26-18(13)15)8-10-20-19(23)14-4-6-16(7-5-14)21-27(3,24)25/h4-7,9,11,13,17,21H,8,10,12H2,1-3H3,(H,20,23)/t13-,17+/m1/s1. The first-order valence-corrected chi connectivity index (χ1v) is 11.6. The van der Waals surface area contributed by atoms with Crippen LogP contribution in [0.4, 0.5) is 5.69 Å². The van der Waals surface area contributed by atoms with E-state index in [0.717, 1.165) is 19.2 Å². The summed E-state index contributed by atoms with van der Waals surface area (Å²) in [5.74, 6) is 0.306. The van der Waals surface area contributed by atoms with E-state index in [4.69, 9.17) is 0 Å². The average molecular weight is 408 g/mol. The van der Waals surface area contributed by atoms with Gasteiger partial charge in [0.05, 0.1) is 6.26 Å². The van der Waals surface area contributed by atoms with Crippen LogP contribution >= 0.6 is 11.3 Å². The predicted molar refractivity (Wildman–Crippen MR) is 110 cm³/mol. The number of sulfonamides is 1. The van der Waals surface area contributed by atoms with E-state index in [1.54, 1.807) is 24.3 Å². The van der Waals surface area contributed by atoms with Crippen LogP contribution in [0.15, 0.2) is 35.7 Å². The molecular formula is C19H25N3O3S2. The summed E-state index contributed by atoms with van der Waals surface area (Å²) in [6.07, 6.45) is 1.98. The molecule has 6 nitrogen and oxygen atoms in total. The molecule has 2 atom stereocenters. The van der Waals surface area contributed by atoms with Crippen molar-refractivity contribution in [1.29, 1.82) is 0 Å². The Morgan fingerprint density at radius 3 is 2.63 bits per heavy atom. The molecule has 2 aromatic rings. The van der Waals surface area contributed by atoms with Gasteiger partial charge in [-0.25, -0.2) is 8.42 Å². The van der Waals surface area contributed by atoms with Crippen molar-refractivity contribution < 1.29 is 13.2 Å². The van der Waals surface area contributed by atoms with E-state index in [2.05, 4.69) is 40.4 Å². The van der Waals surface area contributed by atoms with Gasteiger partial charge in [-0.05, 0) is 54.7 Å². The second-order valence-electron chi connectivity index (χ2n) is 7.08. The molecule has 0 unspecified atom stereocenters. The average Bonchev–Trinajstić information content (AvgIpc) is 3.05. The Kier molecular flexibility index (Phi) is 5.88. The van der Waals surface area contributed by atoms with E-state index in [1.165, 1.54) is 10.4 Å². The number of carbonyl (C=O) groups is 1. The van der Waals surface area contributed by atoms with Crippen molar-refractivity contribution in [3.05, 3.63) is 51.7 Å². The van der Waals surface area contributed by atoms with E-state index in [9.17, 15) is 13.2 Å². The van der Waals surface area contributed by atoms with Crippen LogP contribution in [0.2, 0.25) is 0 Å². The van der Waals surface area contributed by atoms with E-state index in [0.29, 0.717) is 29.8 Å². The molecule has 1 aromatic heterocycles. The Bertz CT molecular complexity index is 907. The molecule has 0 radical (unpaired) electrons. The third-order valence-corrected chi connectivity index (χ3v) is 6.70. The SMILES string of the molecule is C[C@H]1c2sccc2CN(C)[C@H]1CCNC(=O)c1ccc(NS(C)(=O)=O)cc1. The van der Waals surface area contributed by atoms with Crippen molar-refractivity contribution in [2.45, 2.75) is 31.8 Å². The lowest BCUT2D eigenvalue weighted by molar-refractivity contribution is 0.0945. The van der Waals surface area contributed by atoms with Gasteiger partial charge >= 0.3 is 0 Å². The molecule has 1 aliphatic heterocycles. The van der Waals surface area contributed by atoms with Crippen LogP contribution in [-0.4, -0.2) is 45.1 Å². The molecule has 0 saturated carbocycles. The number of rotatable bonds is 6. The first-order chi connectivity index (χ1) is 12.7. The summed E-state index contributed by atoms with van der Waals surface area (Å²) in [7, 11) is -1.18. The zero-order valence-corrected chi connectivity index (χ0v) is 17.4. The van der Waals surface area contributed by atoms with E-state index in [-0.39, 0.29) is 5.91 Å². The molecule has 0 aliphatic carbocycles. The summed E-state index contributed by atoms with van der Waals surface area (Å²) in [5, 5.41) is 5.13. The number of nitrogens with zero attached hydrogens (tertiary/aromatic N) is 1. The van der Waals surface area contributed by atoms with Crippen LogP contribution in [0.3, 0.4) is 0 Å². The highest BCUT2D eigenvalue weighted by Gasteiger charge is 2.30. The molecule has 1 amide bonds. The number of carbonyl (C=O) groups excluding carboxylic acids is 1. The van der Waals surface area contributed by atoms with Crippen molar-refractivity contribution in [3.8, 4) is 0 Å². The Morgan fingerprint density at radius 2 is 1.96 bits per heavy atom. The van der Waals surface area contributed by atoms with Gasteiger partial charge < -0.3 is 5.32 Å². The molecular weight excluding hydrogens is 382 g/mol.